The summed E-state index contributed by atoms with van der Waals surface area (Å²) in [6, 6.07) is 1.67. The summed E-state index contributed by atoms with van der Waals surface area (Å²) < 4.78 is 0. The Balaban J connectivity index is 2.01. The number of hydrogen-bond donors (Lipinski definition) is 2. The molecule has 1 fully saturated rings. The molecule has 2 rings (SSSR count). The number of anilines is 1. The second-order valence-corrected chi connectivity index (χ2v) is 4.98. The summed E-state index contributed by atoms with van der Waals surface area (Å²) >= 11 is 5.73. The van der Waals surface area contributed by atoms with Gasteiger partial charge in [-0.3, -0.25) is 9.59 Å². The van der Waals surface area contributed by atoms with E-state index in [-0.39, 0.29) is 40.8 Å². The van der Waals surface area contributed by atoms with E-state index >= 15 is 0 Å². The van der Waals surface area contributed by atoms with Gasteiger partial charge in [-0.15, -0.1) is 0 Å². The van der Waals surface area contributed by atoms with Crippen LogP contribution in [0.4, 0.5) is 5.69 Å². The lowest BCUT2D eigenvalue weighted by Gasteiger charge is -2.17. The zero-order valence-electron chi connectivity index (χ0n) is 10.5. The van der Waals surface area contributed by atoms with E-state index in [2.05, 4.69) is 10.3 Å². The van der Waals surface area contributed by atoms with E-state index in [0.717, 1.165) is 12.8 Å². The molecule has 0 unspecified atom stereocenters. The minimum Gasteiger partial charge on any atom is -0.397 e. The largest absolute Gasteiger partial charge is 0.397 e. The minimum atomic E-state index is -0.354. The highest BCUT2D eigenvalue weighted by Gasteiger charge is 2.25. The normalized spacial score (nSPS) is 14.0. The molecule has 0 bridgehead atoms. The number of nitrogens with two attached hydrogens (primary N) is 1. The molecule has 6 nitrogen and oxygen atoms in total. The first-order valence-electron chi connectivity index (χ1n) is 5.93. The van der Waals surface area contributed by atoms with Gasteiger partial charge in [0.15, 0.2) is 0 Å². The number of rotatable bonds is 4. The molecular weight excluding hydrogens is 268 g/mol. The van der Waals surface area contributed by atoms with Gasteiger partial charge in [0.1, 0.15) is 5.15 Å². The van der Waals surface area contributed by atoms with Crippen LogP contribution in [0.3, 0.4) is 0 Å². The van der Waals surface area contributed by atoms with Crippen molar-refractivity contribution in [3.8, 4) is 0 Å². The molecule has 1 saturated carbocycles. The van der Waals surface area contributed by atoms with Crippen molar-refractivity contribution >= 4 is 29.1 Å². The maximum absolute atomic E-state index is 12.1. The summed E-state index contributed by atoms with van der Waals surface area (Å²) in [5, 5.41) is 3.00. The lowest BCUT2D eigenvalue weighted by atomic mass is 10.2. The maximum Gasteiger partial charge on any atom is 0.256 e. The summed E-state index contributed by atoms with van der Waals surface area (Å²) in [5.41, 5.74) is 6.17. The predicted octanol–water partition coefficient (Wildman–Crippen LogP) is 0.668. The molecule has 1 aliphatic carbocycles. The van der Waals surface area contributed by atoms with Gasteiger partial charge in [-0.05, 0) is 18.9 Å². The summed E-state index contributed by atoms with van der Waals surface area (Å²) in [6.07, 6.45) is 3.35. The number of pyridine rings is 1. The molecule has 0 aromatic carbocycles. The number of amides is 2. The summed E-state index contributed by atoms with van der Waals surface area (Å²) in [5.74, 6) is -0.523. The summed E-state index contributed by atoms with van der Waals surface area (Å²) in [4.78, 5) is 28.8. The highest BCUT2D eigenvalue weighted by atomic mass is 35.5. The Morgan fingerprint density at radius 1 is 1.58 bits per heavy atom. The highest BCUT2D eigenvalue weighted by molar-refractivity contribution is 6.29. The zero-order chi connectivity index (χ0) is 14.0. The van der Waals surface area contributed by atoms with Crippen LogP contribution in [0.15, 0.2) is 12.3 Å². The highest BCUT2D eigenvalue weighted by Crippen LogP contribution is 2.19. The van der Waals surface area contributed by atoms with Crippen molar-refractivity contribution < 1.29 is 9.59 Å². The second kappa shape index (κ2) is 5.44. The Labute approximate surface area is 115 Å². The Morgan fingerprint density at radius 3 is 2.89 bits per heavy atom. The van der Waals surface area contributed by atoms with Gasteiger partial charge in [-0.25, -0.2) is 4.98 Å². The number of likely N-dealkylation sites (N-methyl/N-ethyl adjacent to an activating group) is 1. The van der Waals surface area contributed by atoms with Gasteiger partial charge in [0.05, 0.1) is 24.0 Å². The number of carbonyl (C=O) groups is 2. The lowest BCUT2D eigenvalue weighted by Crippen LogP contribution is -2.39. The summed E-state index contributed by atoms with van der Waals surface area (Å²) in [6.45, 7) is -0.00524. The third kappa shape index (κ3) is 3.57. The van der Waals surface area contributed by atoms with E-state index in [1.807, 2.05) is 0 Å². The molecule has 7 heteroatoms. The third-order valence-corrected chi connectivity index (χ3v) is 3.01. The molecule has 102 valence electrons. The smallest absolute Gasteiger partial charge is 0.256 e. The molecule has 1 aromatic rings. The van der Waals surface area contributed by atoms with Crippen LogP contribution in [0.1, 0.15) is 23.2 Å². The van der Waals surface area contributed by atoms with Crippen LogP contribution in [0.2, 0.25) is 5.15 Å². The fraction of sp³-hybridized carbons (Fsp3) is 0.417. The third-order valence-electron chi connectivity index (χ3n) is 2.80. The Bertz CT molecular complexity index is 516. The van der Waals surface area contributed by atoms with E-state index < -0.39 is 0 Å². The molecule has 2 amide bonds. The molecule has 0 atom stereocenters. The van der Waals surface area contributed by atoms with E-state index in [1.54, 1.807) is 7.05 Å². The van der Waals surface area contributed by atoms with Crippen LogP contribution in [-0.2, 0) is 4.79 Å². The van der Waals surface area contributed by atoms with Gasteiger partial charge in [0.25, 0.3) is 5.91 Å². The average Bonchev–Trinajstić information content (AvgIpc) is 3.15. The van der Waals surface area contributed by atoms with Crippen molar-refractivity contribution in [1.29, 1.82) is 0 Å². The van der Waals surface area contributed by atoms with Crippen molar-refractivity contribution in [3.63, 3.8) is 0 Å². The average molecular weight is 283 g/mol. The molecule has 0 spiro atoms. The minimum absolute atomic E-state index is 0.00524. The number of hydrogen-bond acceptors (Lipinski definition) is 4. The van der Waals surface area contributed by atoms with Gasteiger partial charge >= 0.3 is 0 Å². The van der Waals surface area contributed by atoms with Crippen LogP contribution in [0.5, 0.6) is 0 Å². The summed E-state index contributed by atoms with van der Waals surface area (Å²) in [7, 11) is 1.54. The van der Waals surface area contributed by atoms with Crippen LogP contribution in [0, 0.1) is 0 Å². The number of carbonyl (C=O) groups excluding carboxylic acids is 2. The van der Waals surface area contributed by atoms with Crippen molar-refractivity contribution in [2.45, 2.75) is 18.9 Å². The fourth-order valence-corrected chi connectivity index (χ4v) is 1.78. The molecule has 1 aliphatic rings. The standard InChI is InChI=1S/C12H15ClN4O2/c1-17(6-11(18)16-7-2-3-7)12(19)8-4-10(13)15-5-9(8)14/h4-5,7H,2-3,6,14H2,1H3,(H,16,18). The number of nitrogens with one attached hydrogen (secondary N) is 1. The number of nitrogens with zero attached hydrogens (tertiary/aromatic N) is 2. The molecule has 1 heterocycles. The van der Waals surface area contributed by atoms with Crippen LogP contribution >= 0.6 is 11.6 Å². The van der Waals surface area contributed by atoms with Gasteiger partial charge in [-0.2, -0.15) is 0 Å². The molecule has 3 N–H and O–H groups in total. The van der Waals surface area contributed by atoms with Crippen LogP contribution in [0.25, 0.3) is 0 Å². The lowest BCUT2D eigenvalue weighted by molar-refractivity contribution is -0.121. The Kier molecular flexibility index (Phi) is 3.90. The molecule has 0 saturated heterocycles. The molecule has 0 aliphatic heterocycles. The van der Waals surface area contributed by atoms with Gasteiger partial charge in [-0.1, -0.05) is 11.6 Å². The van der Waals surface area contributed by atoms with E-state index in [9.17, 15) is 9.59 Å². The number of aromatic nitrogens is 1. The van der Waals surface area contributed by atoms with Gasteiger partial charge in [0.2, 0.25) is 5.91 Å². The first-order valence-corrected chi connectivity index (χ1v) is 6.31. The van der Waals surface area contributed by atoms with Gasteiger partial charge in [0, 0.05) is 13.1 Å². The second-order valence-electron chi connectivity index (χ2n) is 4.60. The van der Waals surface area contributed by atoms with Crippen LogP contribution in [-0.4, -0.2) is 41.3 Å². The number of nitrogen functional groups attached to an aromatic ring is 1. The van der Waals surface area contributed by atoms with E-state index in [4.69, 9.17) is 17.3 Å². The monoisotopic (exact) mass is 282 g/mol. The van der Waals surface area contributed by atoms with Crippen molar-refractivity contribution in [3.05, 3.63) is 23.0 Å². The maximum atomic E-state index is 12.1. The molecule has 0 radical (unpaired) electrons. The van der Waals surface area contributed by atoms with E-state index in [1.165, 1.54) is 17.2 Å². The first kappa shape index (κ1) is 13.6. The van der Waals surface area contributed by atoms with Crippen molar-refractivity contribution in [2.75, 3.05) is 19.3 Å². The van der Waals surface area contributed by atoms with E-state index in [0.29, 0.717) is 0 Å². The van der Waals surface area contributed by atoms with Crippen LogP contribution < -0.4 is 11.1 Å². The van der Waals surface area contributed by atoms with Gasteiger partial charge < -0.3 is 16.0 Å². The topological polar surface area (TPSA) is 88.3 Å². The Morgan fingerprint density at radius 2 is 2.26 bits per heavy atom. The SMILES string of the molecule is CN(CC(=O)NC1CC1)C(=O)c1cc(Cl)ncc1N. The van der Waals surface area contributed by atoms with Crippen molar-refractivity contribution in [2.24, 2.45) is 0 Å². The first-order chi connectivity index (χ1) is 8.97. The fourth-order valence-electron chi connectivity index (χ4n) is 1.62. The quantitative estimate of drug-likeness (QED) is 0.795. The zero-order valence-corrected chi connectivity index (χ0v) is 11.3. The van der Waals surface area contributed by atoms with Crippen molar-refractivity contribution in [1.82, 2.24) is 15.2 Å². The molecule has 1 aromatic heterocycles. The Hall–Kier alpha value is -1.82. The molecular formula is C12H15ClN4O2. The molecule has 19 heavy (non-hydrogen) atoms. The number of halogens is 1. The predicted molar refractivity (Wildman–Crippen MR) is 71.8 cm³/mol.